The highest BCUT2D eigenvalue weighted by Gasteiger charge is 2.20. The molecule has 0 aliphatic heterocycles. The molecular formula is C23H24N4O6. The minimum absolute atomic E-state index is 0.262. The quantitative estimate of drug-likeness (QED) is 0.391. The molecule has 3 rings (SSSR count). The number of esters is 2. The van der Waals surface area contributed by atoms with Crippen molar-refractivity contribution in [1.82, 2.24) is 15.3 Å². The van der Waals surface area contributed by atoms with E-state index in [0.29, 0.717) is 22.5 Å². The molecule has 1 atom stereocenters. The third-order valence-corrected chi connectivity index (χ3v) is 4.69. The molecule has 0 spiro atoms. The van der Waals surface area contributed by atoms with Crippen molar-refractivity contribution in [3.63, 3.8) is 0 Å². The average Bonchev–Trinajstić information content (AvgIpc) is 2.78. The van der Waals surface area contributed by atoms with Gasteiger partial charge in [-0.1, -0.05) is 12.1 Å². The molecule has 10 nitrogen and oxygen atoms in total. The highest BCUT2D eigenvalue weighted by Crippen LogP contribution is 2.34. The molecule has 0 aliphatic rings. The van der Waals surface area contributed by atoms with E-state index >= 15 is 0 Å². The summed E-state index contributed by atoms with van der Waals surface area (Å²) in [6.45, 7) is 2.65. The summed E-state index contributed by atoms with van der Waals surface area (Å²) >= 11 is 0. The minimum Gasteiger partial charge on any atom is -0.493 e. The van der Waals surface area contributed by atoms with E-state index in [4.69, 9.17) is 14.2 Å². The first-order valence-corrected chi connectivity index (χ1v) is 10.0. The largest absolute Gasteiger partial charge is 0.493 e. The Morgan fingerprint density at radius 3 is 2.33 bits per heavy atom. The van der Waals surface area contributed by atoms with Crippen LogP contribution in [0.3, 0.4) is 0 Å². The molecular weight excluding hydrogens is 428 g/mol. The lowest BCUT2D eigenvalue weighted by Gasteiger charge is -2.16. The molecule has 0 radical (unpaired) electrons. The molecule has 3 aromatic rings. The van der Waals surface area contributed by atoms with Gasteiger partial charge in [0.15, 0.2) is 11.5 Å². The van der Waals surface area contributed by atoms with E-state index < -0.39 is 18.0 Å². The fourth-order valence-corrected chi connectivity index (χ4v) is 3.24. The van der Waals surface area contributed by atoms with Gasteiger partial charge in [-0.15, -0.1) is 0 Å². The predicted octanol–water partition coefficient (Wildman–Crippen LogP) is 2.53. The van der Waals surface area contributed by atoms with Crippen LogP contribution >= 0.6 is 0 Å². The molecule has 2 N–H and O–H groups in total. The van der Waals surface area contributed by atoms with Crippen molar-refractivity contribution in [3.8, 4) is 11.5 Å². The van der Waals surface area contributed by atoms with Crippen LogP contribution in [0.4, 0.5) is 11.5 Å². The number of methoxy groups -OCH3 is 2. The molecule has 1 amide bonds. The zero-order chi connectivity index (χ0) is 24.0. The van der Waals surface area contributed by atoms with Crippen LogP contribution in [-0.2, 0) is 25.5 Å². The van der Waals surface area contributed by atoms with Gasteiger partial charge in [-0.3, -0.25) is 9.59 Å². The smallest absolute Gasteiger partial charge is 0.328 e. The zero-order valence-electron chi connectivity index (χ0n) is 18.7. The molecule has 0 saturated carbocycles. The number of carbonyl (C=O) groups excluding carboxylic acids is 3. The normalized spacial score (nSPS) is 11.4. The Morgan fingerprint density at radius 1 is 1.00 bits per heavy atom. The van der Waals surface area contributed by atoms with Crippen molar-refractivity contribution in [3.05, 3.63) is 48.3 Å². The van der Waals surface area contributed by atoms with Crippen molar-refractivity contribution in [2.24, 2.45) is 0 Å². The van der Waals surface area contributed by atoms with E-state index in [-0.39, 0.29) is 18.1 Å². The topological polar surface area (TPSA) is 129 Å². The van der Waals surface area contributed by atoms with Crippen molar-refractivity contribution in [2.75, 3.05) is 19.5 Å². The Kier molecular flexibility index (Phi) is 7.39. The number of ether oxygens (including phenoxy) is 3. The van der Waals surface area contributed by atoms with Crippen molar-refractivity contribution >= 4 is 40.3 Å². The molecule has 33 heavy (non-hydrogen) atoms. The Morgan fingerprint density at radius 2 is 1.73 bits per heavy atom. The van der Waals surface area contributed by atoms with Gasteiger partial charge in [-0.25, -0.2) is 14.8 Å². The highest BCUT2D eigenvalue weighted by molar-refractivity contribution is 5.93. The van der Waals surface area contributed by atoms with Gasteiger partial charge in [0.05, 0.1) is 19.7 Å². The predicted molar refractivity (Wildman–Crippen MR) is 120 cm³/mol. The van der Waals surface area contributed by atoms with E-state index in [1.54, 1.807) is 12.1 Å². The van der Waals surface area contributed by atoms with Gasteiger partial charge in [0, 0.05) is 37.4 Å². The van der Waals surface area contributed by atoms with Gasteiger partial charge < -0.3 is 24.8 Å². The number of fused-ring (bicyclic) bond motifs is 1. The van der Waals surface area contributed by atoms with Crippen LogP contribution in [0.5, 0.6) is 11.5 Å². The number of nitrogens with zero attached hydrogens (tertiary/aromatic N) is 2. The van der Waals surface area contributed by atoms with Crippen molar-refractivity contribution < 1.29 is 28.6 Å². The zero-order valence-corrected chi connectivity index (χ0v) is 18.7. The van der Waals surface area contributed by atoms with Crippen LogP contribution in [0.1, 0.15) is 19.4 Å². The standard InChI is InChI=1S/C23H24N4O6/c1-13(28)26-19(23(30)32-4)9-15-5-7-16(8-6-15)27-22-17-10-21(33-14(2)29)20(31-3)11-18(17)24-12-25-22/h5-8,10-12,19H,9H2,1-4H3,(H,26,28)(H,24,25,27)/t19-/m1/s1. The van der Waals surface area contributed by atoms with Crippen molar-refractivity contribution in [2.45, 2.75) is 26.3 Å². The maximum Gasteiger partial charge on any atom is 0.328 e. The summed E-state index contributed by atoms with van der Waals surface area (Å²) in [5.74, 6) is -0.153. The summed E-state index contributed by atoms with van der Waals surface area (Å²) in [5.41, 5.74) is 2.17. The second-order valence-corrected chi connectivity index (χ2v) is 7.14. The highest BCUT2D eigenvalue weighted by atomic mass is 16.6. The lowest BCUT2D eigenvalue weighted by molar-refractivity contribution is -0.144. The fraction of sp³-hybridized carbons (Fsp3) is 0.261. The molecule has 0 bridgehead atoms. The van der Waals surface area contributed by atoms with Gasteiger partial charge in [0.2, 0.25) is 5.91 Å². The van der Waals surface area contributed by atoms with Gasteiger partial charge in [-0.2, -0.15) is 0 Å². The monoisotopic (exact) mass is 452 g/mol. The molecule has 172 valence electrons. The molecule has 0 fully saturated rings. The summed E-state index contributed by atoms with van der Waals surface area (Å²) in [5, 5.41) is 6.44. The second kappa shape index (κ2) is 10.4. The Balaban J connectivity index is 1.84. The first-order valence-electron chi connectivity index (χ1n) is 10.0. The summed E-state index contributed by atoms with van der Waals surface area (Å²) < 4.78 is 15.3. The Hall–Kier alpha value is -4.21. The summed E-state index contributed by atoms with van der Waals surface area (Å²) in [7, 11) is 2.76. The van der Waals surface area contributed by atoms with Crippen LogP contribution < -0.4 is 20.1 Å². The second-order valence-electron chi connectivity index (χ2n) is 7.14. The molecule has 0 unspecified atom stereocenters. The molecule has 0 saturated heterocycles. The Labute approximate surface area is 190 Å². The SMILES string of the molecule is COC(=O)[C@@H](Cc1ccc(Nc2ncnc3cc(OC)c(OC(C)=O)cc23)cc1)NC(C)=O. The number of hydrogen-bond donors (Lipinski definition) is 2. The lowest BCUT2D eigenvalue weighted by atomic mass is 10.1. The number of nitrogens with one attached hydrogen (secondary N) is 2. The summed E-state index contributed by atoms with van der Waals surface area (Å²) in [6, 6.07) is 9.84. The first kappa shape index (κ1) is 23.5. The van der Waals surface area contributed by atoms with Crippen LogP contribution in [0.2, 0.25) is 0 Å². The number of rotatable bonds is 8. The molecule has 2 aromatic carbocycles. The number of benzene rings is 2. The number of carbonyl (C=O) groups is 3. The minimum atomic E-state index is -0.771. The molecule has 1 aromatic heterocycles. The van der Waals surface area contributed by atoms with Crippen molar-refractivity contribution in [1.29, 1.82) is 0 Å². The summed E-state index contributed by atoms with van der Waals surface area (Å²) in [6.07, 6.45) is 1.70. The van der Waals surface area contributed by atoms with Gasteiger partial charge >= 0.3 is 11.9 Å². The maximum atomic E-state index is 11.9. The van der Waals surface area contributed by atoms with Gasteiger partial charge in [0.1, 0.15) is 18.2 Å². The molecule has 10 heteroatoms. The molecule has 0 aliphatic carbocycles. The third-order valence-electron chi connectivity index (χ3n) is 4.69. The fourth-order valence-electron chi connectivity index (χ4n) is 3.24. The van der Waals surface area contributed by atoms with E-state index in [1.165, 1.54) is 34.4 Å². The van der Waals surface area contributed by atoms with E-state index in [0.717, 1.165) is 11.3 Å². The van der Waals surface area contributed by atoms with Crippen LogP contribution in [0.15, 0.2) is 42.7 Å². The third kappa shape index (κ3) is 5.94. The number of hydrogen-bond acceptors (Lipinski definition) is 9. The first-order chi connectivity index (χ1) is 15.8. The van der Waals surface area contributed by atoms with Crippen LogP contribution in [0.25, 0.3) is 10.9 Å². The number of anilines is 2. The van der Waals surface area contributed by atoms with E-state index in [1.807, 2.05) is 24.3 Å². The maximum absolute atomic E-state index is 11.9. The number of amides is 1. The lowest BCUT2D eigenvalue weighted by Crippen LogP contribution is -2.41. The van der Waals surface area contributed by atoms with E-state index in [2.05, 4.69) is 20.6 Å². The van der Waals surface area contributed by atoms with Gasteiger partial charge in [-0.05, 0) is 23.8 Å². The van der Waals surface area contributed by atoms with E-state index in [9.17, 15) is 14.4 Å². The van der Waals surface area contributed by atoms with Crippen LogP contribution in [0, 0.1) is 0 Å². The summed E-state index contributed by atoms with van der Waals surface area (Å²) in [4.78, 5) is 43.3. The average molecular weight is 452 g/mol. The molecule has 1 heterocycles. The number of aromatic nitrogens is 2. The van der Waals surface area contributed by atoms with Gasteiger partial charge in [0.25, 0.3) is 0 Å². The van der Waals surface area contributed by atoms with Crippen LogP contribution in [-0.4, -0.2) is 48.1 Å². The Bertz CT molecular complexity index is 1180.